The second-order valence-corrected chi connectivity index (χ2v) is 4.17. The third-order valence-corrected chi connectivity index (χ3v) is 2.92. The van der Waals surface area contributed by atoms with Crippen molar-refractivity contribution in [1.29, 1.82) is 0 Å². The molecule has 2 rings (SSSR count). The predicted molar refractivity (Wildman–Crippen MR) is 67.5 cm³/mol. The van der Waals surface area contributed by atoms with E-state index in [0.717, 1.165) is 6.07 Å². The van der Waals surface area contributed by atoms with E-state index in [1.54, 1.807) is 11.5 Å². The van der Waals surface area contributed by atoms with E-state index in [1.165, 1.54) is 12.3 Å². The molecule has 1 aromatic carbocycles. The number of ether oxygens (including phenoxy) is 1. The SMILES string of the molecule is CCn1cc(OC(=O)O)c(=O)c2cc(F)c(Cl)cc21. The number of aryl methyl sites for hydroxylation is 1. The summed E-state index contributed by atoms with van der Waals surface area (Å²) in [6.45, 7) is 2.22. The molecule has 0 aliphatic carbocycles. The van der Waals surface area contributed by atoms with Gasteiger partial charge in [-0.1, -0.05) is 11.6 Å². The van der Waals surface area contributed by atoms with Gasteiger partial charge in [0, 0.05) is 6.54 Å². The Morgan fingerprint density at radius 3 is 2.79 bits per heavy atom. The number of rotatable bonds is 2. The molecule has 19 heavy (non-hydrogen) atoms. The summed E-state index contributed by atoms with van der Waals surface area (Å²) in [5.74, 6) is -1.12. The van der Waals surface area contributed by atoms with E-state index in [4.69, 9.17) is 16.7 Å². The maximum absolute atomic E-state index is 13.4. The highest BCUT2D eigenvalue weighted by molar-refractivity contribution is 6.31. The van der Waals surface area contributed by atoms with Crippen LogP contribution in [0.15, 0.2) is 23.1 Å². The van der Waals surface area contributed by atoms with Crippen LogP contribution in [-0.2, 0) is 6.54 Å². The van der Waals surface area contributed by atoms with Gasteiger partial charge in [-0.25, -0.2) is 9.18 Å². The molecule has 0 radical (unpaired) electrons. The fraction of sp³-hybridized carbons (Fsp3) is 0.167. The molecule has 0 spiro atoms. The molecule has 0 bridgehead atoms. The lowest BCUT2D eigenvalue weighted by Gasteiger charge is -2.11. The Labute approximate surface area is 111 Å². The van der Waals surface area contributed by atoms with E-state index in [-0.39, 0.29) is 16.2 Å². The van der Waals surface area contributed by atoms with Crippen LogP contribution >= 0.6 is 11.6 Å². The summed E-state index contributed by atoms with van der Waals surface area (Å²) in [6, 6.07) is 2.29. The first-order valence-electron chi connectivity index (χ1n) is 5.37. The van der Waals surface area contributed by atoms with Crippen molar-refractivity contribution >= 4 is 28.7 Å². The van der Waals surface area contributed by atoms with Crippen LogP contribution in [0.25, 0.3) is 10.9 Å². The van der Waals surface area contributed by atoms with Gasteiger partial charge in [-0.15, -0.1) is 0 Å². The van der Waals surface area contributed by atoms with Crippen LogP contribution in [0.1, 0.15) is 6.92 Å². The Morgan fingerprint density at radius 1 is 1.53 bits per heavy atom. The van der Waals surface area contributed by atoms with Crippen LogP contribution in [0.3, 0.4) is 0 Å². The van der Waals surface area contributed by atoms with Crippen LogP contribution in [0.2, 0.25) is 5.02 Å². The van der Waals surface area contributed by atoms with Gasteiger partial charge < -0.3 is 14.4 Å². The van der Waals surface area contributed by atoms with Crippen molar-refractivity contribution in [3.8, 4) is 5.75 Å². The molecule has 100 valence electrons. The number of halogens is 2. The molecular formula is C12H9ClFNO4. The normalized spacial score (nSPS) is 10.7. The summed E-state index contributed by atoms with van der Waals surface area (Å²) in [7, 11) is 0. The van der Waals surface area contributed by atoms with Gasteiger partial charge in [0.25, 0.3) is 0 Å². The fourth-order valence-corrected chi connectivity index (χ4v) is 1.94. The van der Waals surface area contributed by atoms with Crippen LogP contribution in [0.5, 0.6) is 5.75 Å². The Kier molecular flexibility index (Phi) is 3.44. The summed E-state index contributed by atoms with van der Waals surface area (Å²) in [6.07, 6.45) is -0.346. The summed E-state index contributed by atoms with van der Waals surface area (Å²) in [5, 5.41) is 8.47. The highest BCUT2D eigenvalue weighted by atomic mass is 35.5. The number of aromatic nitrogens is 1. The smallest absolute Gasteiger partial charge is 0.449 e. The average molecular weight is 286 g/mol. The first-order chi connectivity index (χ1) is 8.93. The molecule has 2 aromatic rings. The summed E-state index contributed by atoms with van der Waals surface area (Å²) >= 11 is 5.68. The van der Waals surface area contributed by atoms with E-state index in [0.29, 0.717) is 12.1 Å². The van der Waals surface area contributed by atoms with Crippen LogP contribution in [0.4, 0.5) is 9.18 Å². The lowest BCUT2D eigenvalue weighted by Crippen LogP contribution is -2.16. The van der Waals surface area contributed by atoms with Crippen LogP contribution in [0, 0.1) is 5.82 Å². The summed E-state index contributed by atoms with van der Waals surface area (Å²) in [4.78, 5) is 22.5. The number of carboxylic acid groups (broad SMARTS) is 1. The zero-order valence-electron chi connectivity index (χ0n) is 9.81. The van der Waals surface area contributed by atoms with Crippen molar-refractivity contribution in [3.05, 3.63) is 39.4 Å². The van der Waals surface area contributed by atoms with Gasteiger partial charge in [0.1, 0.15) is 5.82 Å². The molecule has 0 fully saturated rings. The van der Waals surface area contributed by atoms with E-state index in [1.807, 2.05) is 0 Å². The van der Waals surface area contributed by atoms with Crippen molar-refractivity contribution in [2.45, 2.75) is 13.5 Å². The second kappa shape index (κ2) is 4.89. The van der Waals surface area contributed by atoms with Gasteiger partial charge in [-0.2, -0.15) is 0 Å². The van der Waals surface area contributed by atoms with Crippen LogP contribution in [-0.4, -0.2) is 15.8 Å². The zero-order chi connectivity index (χ0) is 14.2. The fourth-order valence-electron chi connectivity index (χ4n) is 1.79. The van der Waals surface area contributed by atoms with Crippen LogP contribution < -0.4 is 10.2 Å². The lowest BCUT2D eigenvalue weighted by molar-refractivity contribution is 0.144. The Bertz CT molecular complexity index is 726. The number of hydrogen-bond acceptors (Lipinski definition) is 3. The molecular weight excluding hydrogens is 277 g/mol. The quantitative estimate of drug-likeness (QED) is 0.862. The monoisotopic (exact) mass is 285 g/mol. The lowest BCUT2D eigenvalue weighted by atomic mass is 10.2. The van der Waals surface area contributed by atoms with Crippen molar-refractivity contribution in [2.24, 2.45) is 0 Å². The highest BCUT2D eigenvalue weighted by Crippen LogP contribution is 2.23. The third-order valence-electron chi connectivity index (χ3n) is 2.63. The maximum atomic E-state index is 13.4. The Morgan fingerprint density at radius 2 is 2.21 bits per heavy atom. The standard InChI is InChI=1S/C12H9ClFNO4/c1-2-15-5-10(19-12(17)18)11(16)6-3-8(14)7(13)4-9(6)15/h3-5H,2H2,1H3,(H,17,18). The highest BCUT2D eigenvalue weighted by Gasteiger charge is 2.14. The molecule has 0 saturated carbocycles. The summed E-state index contributed by atoms with van der Waals surface area (Å²) in [5.41, 5.74) is -0.283. The minimum Gasteiger partial charge on any atom is -0.449 e. The topological polar surface area (TPSA) is 68.5 Å². The van der Waals surface area contributed by atoms with Gasteiger partial charge in [0.15, 0.2) is 5.75 Å². The number of benzene rings is 1. The molecule has 0 amide bonds. The number of carbonyl (C=O) groups is 1. The van der Waals surface area contributed by atoms with E-state index in [2.05, 4.69) is 4.74 Å². The van der Waals surface area contributed by atoms with E-state index < -0.39 is 17.4 Å². The molecule has 1 N–H and O–H groups in total. The van der Waals surface area contributed by atoms with Crippen molar-refractivity contribution < 1.29 is 19.0 Å². The van der Waals surface area contributed by atoms with E-state index >= 15 is 0 Å². The Hall–Kier alpha value is -2.08. The van der Waals surface area contributed by atoms with E-state index in [9.17, 15) is 14.0 Å². The van der Waals surface area contributed by atoms with Gasteiger partial charge in [0.05, 0.1) is 22.1 Å². The number of nitrogens with zero attached hydrogens (tertiary/aromatic N) is 1. The molecule has 0 atom stereocenters. The van der Waals surface area contributed by atoms with Gasteiger partial charge >= 0.3 is 6.16 Å². The Balaban J connectivity index is 2.83. The largest absolute Gasteiger partial charge is 0.511 e. The molecule has 0 saturated heterocycles. The average Bonchev–Trinajstić information content (AvgIpc) is 2.35. The minimum absolute atomic E-state index is 0.0162. The molecule has 1 aromatic heterocycles. The van der Waals surface area contributed by atoms with Gasteiger partial charge in [0.2, 0.25) is 5.43 Å². The molecule has 0 aliphatic rings. The molecule has 5 nitrogen and oxygen atoms in total. The number of pyridine rings is 1. The minimum atomic E-state index is -1.60. The first kappa shape index (κ1) is 13.4. The van der Waals surface area contributed by atoms with Gasteiger partial charge in [-0.05, 0) is 19.1 Å². The molecule has 1 heterocycles. The number of hydrogen-bond donors (Lipinski definition) is 1. The zero-order valence-corrected chi connectivity index (χ0v) is 10.6. The van der Waals surface area contributed by atoms with Gasteiger partial charge in [-0.3, -0.25) is 4.79 Å². The third kappa shape index (κ3) is 2.39. The molecule has 0 aliphatic heterocycles. The van der Waals surface area contributed by atoms with Crippen molar-refractivity contribution in [2.75, 3.05) is 0 Å². The van der Waals surface area contributed by atoms with Crippen molar-refractivity contribution in [3.63, 3.8) is 0 Å². The van der Waals surface area contributed by atoms with Crippen molar-refractivity contribution in [1.82, 2.24) is 4.57 Å². The predicted octanol–water partition coefficient (Wildman–Crippen LogP) is 2.87. The number of fused-ring (bicyclic) bond motifs is 1. The molecule has 0 unspecified atom stereocenters. The maximum Gasteiger partial charge on any atom is 0.511 e. The second-order valence-electron chi connectivity index (χ2n) is 3.76. The first-order valence-corrected chi connectivity index (χ1v) is 5.74. The molecule has 7 heteroatoms. The summed E-state index contributed by atoms with van der Waals surface area (Å²) < 4.78 is 19.4.